The van der Waals surface area contributed by atoms with Crippen LogP contribution in [0, 0.1) is 17.0 Å². The van der Waals surface area contributed by atoms with Crippen LogP contribution >= 0.6 is 11.3 Å². The summed E-state index contributed by atoms with van der Waals surface area (Å²) in [5, 5.41) is 20.5. The van der Waals surface area contributed by atoms with Gasteiger partial charge in [0.1, 0.15) is 5.69 Å². The molecule has 10 heteroatoms. The van der Waals surface area contributed by atoms with Crippen LogP contribution in [0.3, 0.4) is 0 Å². The van der Waals surface area contributed by atoms with E-state index in [1.165, 1.54) is 28.0 Å². The summed E-state index contributed by atoms with van der Waals surface area (Å²) in [6.07, 6.45) is 3.54. The maximum absolute atomic E-state index is 13.3. The van der Waals surface area contributed by atoms with E-state index in [0.717, 1.165) is 16.8 Å². The number of nitrogens with zero attached hydrogens (tertiary/aromatic N) is 6. The Bertz CT molecular complexity index is 1910. The van der Waals surface area contributed by atoms with Crippen molar-refractivity contribution in [3.63, 3.8) is 0 Å². The number of nitro groups is 1. The highest BCUT2D eigenvalue weighted by molar-refractivity contribution is 7.15. The van der Waals surface area contributed by atoms with E-state index >= 15 is 0 Å². The zero-order valence-corrected chi connectivity index (χ0v) is 20.3. The summed E-state index contributed by atoms with van der Waals surface area (Å²) < 4.78 is 3.44. The lowest BCUT2D eigenvalue weighted by molar-refractivity contribution is -0.384. The second kappa shape index (κ2) is 8.92. The average Bonchev–Trinajstić information content (AvgIpc) is 3.60. The molecule has 6 aromatic rings. The van der Waals surface area contributed by atoms with Gasteiger partial charge in [-0.05, 0) is 30.7 Å². The third kappa shape index (κ3) is 4.09. The molecule has 6 rings (SSSR count). The summed E-state index contributed by atoms with van der Waals surface area (Å²) in [4.78, 5) is 29.3. The summed E-state index contributed by atoms with van der Waals surface area (Å²) in [6, 6.07) is 23.6. The van der Waals surface area contributed by atoms with Crippen LogP contribution in [0.2, 0.25) is 0 Å². The molecule has 9 nitrogen and oxygen atoms in total. The molecule has 0 aliphatic rings. The number of benzene rings is 3. The molecule has 37 heavy (non-hydrogen) atoms. The minimum atomic E-state index is -0.442. The number of hydrogen-bond donors (Lipinski definition) is 0. The lowest BCUT2D eigenvalue weighted by Gasteiger charge is -2.00. The number of nitro benzene ring substituents is 1. The van der Waals surface area contributed by atoms with E-state index in [1.54, 1.807) is 29.1 Å². The molecule has 3 aromatic heterocycles. The van der Waals surface area contributed by atoms with Crippen LogP contribution in [-0.2, 0) is 0 Å². The van der Waals surface area contributed by atoms with E-state index < -0.39 is 4.92 Å². The van der Waals surface area contributed by atoms with Crippen molar-refractivity contribution in [3.8, 4) is 28.3 Å². The molecule has 0 amide bonds. The van der Waals surface area contributed by atoms with E-state index in [1.807, 2.05) is 61.5 Å². The lowest BCUT2D eigenvalue weighted by Crippen LogP contribution is -2.23. The Labute approximate surface area is 213 Å². The summed E-state index contributed by atoms with van der Waals surface area (Å²) >= 11 is 1.23. The van der Waals surface area contributed by atoms with Gasteiger partial charge in [-0.1, -0.05) is 65.9 Å². The van der Waals surface area contributed by atoms with Gasteiger partial charge in [0.15, 0.2) is 5.82 Å². The summed E-state index contributed by atoms with van der Waals surface area (Å²) in [5.41, 5.74) is 4.13. The molecule has 3 heterocycles. The average molecular weight is 507 g/mol. The monoisotopic (exact) mass is 506 g/mol. The van der Waals surface area contributed by atoms with Crippen molar-refractivity contribution in [2.75, 3.05) is 0 Å². The van der Waals surface area contributed by atoms with Gasteiger partial charge >= 0.3 is 0 Å². The Morgan fingerprint density at radius 1 is 0.973 bits per heavy atom. The SMILES string of the molecule is Cc1ccccc1-c1nc2s/c(=C\c3cn(-c4ccccc4)nc3-c3cccc([N+](=O)[O-])c3)c(=O)n2n1. The first-order valence-corrected chi connectivity index (χ1v) is 12.2. The first kappa shape index (κ1) is 22.5. The highest BCUT2D eigenvalue weighted by Gasteiger charge is 2.17. The van der Waals surface area contributed by atoms with Gasteiger partial charge in [-0.2, -0.15) is 14.6 Å². The van der Waals surface area contributed by atoms with Gasteiger partial charge in [-0.15, -0.1) is 5.10 Å². The van der Waals surface area contributed by atoms with Gasteiger partial charge in [0.2, 0.25) is 4.96 Å². The smallest absolute Gasteiger partial charge is 0.266 e. The van der Waals surface area contributed by atoms with Crippen LogP contribution in [0.25, 0.3) is 39.4 Å². The summed E-state index contributed by atoms with van der Waals surface area (Å²) in [5.74, 6) is 0.502. The molecule has 3 aromatic carbocycles. The molecule has 0 bridgehead atoms. The Balaban J connectivity index is 1.51. The molecule has 0 saturated heterocycles. The fourth-order valence-electron chi connectivity index (χ4n) is 4.11. The zero-order chi connectivity index (χ0) is 25.5. The van der Waals surface area contributed by atoms with Crippen LogP contribution < -0.4 is 10.1 Å². The van der Waals surface area contributed by atoms with Gasteiger partial charge in [0.05, 0.1) is 15.1 Å². The number of hydrogen-bond acceptors (Lipinski definition) is 7. The van der Waals surface area contributed by atoms with Gasteiger partial charge in [0.25, 0.3) is 11.2 Å². The quantitative estimate of drug-likeness (QED) is 0.253. The molecule has 0 atom stereocenters. The Morgan fingerprint density at radius 2 is 1.76 bits per heavy atom. The first-order valence-electron chi connectivity index (χ1n) is 11.4. The van der Waals surface area contributed by atoms with Crippen LogP contribution in [0.1, 0.15) is 11.1 Å². The zero-order valence-electron chi connectivity index (χ0n) is 19.5. The predicted octanol–water partition coefficient (Wildman–Crippen LogP) is 4.44. The molecule has 0 fully saturated rings. The van der Waals surface area contributed by atoms with Crippen LogP contribution in [0.4, 0.5) is 5.69 Å². The van der Waals surface area contributed by atoms with Crippen molar-refractivity contribution in [2.24, 2.45) is 0 Å². The van der Waals surface area contributed by atoms with E-state index in [0.29, 0.717) is 32.1 Å². The highest BCUT2D eigenvalue weighted by atomic mass is 32.1. The van der Waals surface area contributed by atoms with Crippen LogP contribution in [0.15, 0.2) is 89.9 Å². The maximum atomic E-state index is 13.3. The minimum Gasteiger partial charge on any atom is -0.266 e. The van der Waals surface area contributed by atoms with E-state index in [2.05, 4.69) is 10.1 Å². The number of aryl methyl sites for hydroxylation is 1. The molecule has 0 unspecified atom stereocenters. The van der Waals surface area contributed by atoms with Crippen molar-refractivity contribution in [1.29, 1.82) is 0 Å². The fraction of sp³-hybridized carbons (Fsp3) is 0.0370. The van der Waals surface area contributed by atoms with E-state index in [9.17, 15) is 14.9 Å². The second-order valence-corrected chi connectivity index (χ2v) is 9.39. The normalized spacial score (nSPS) is 11.9. The van der Waals surface area contributed by atoms with Crippen molar-refractivity contribution in [3.05, 3.63) is 121 Å². The van der Waals surface area contributed by atoms with Gasteiger partial charge < -0.3 is 0 Å². The molecule has 0 aliphatic heterocycles. The highest BCUT2D eigenvalue weighted by Crippen LogP contribution is 2.27. The summed E-state index contributed by atoms with van der Waals surface area (Å²) in [6.45, 7) is 1.97. The largest absolute Gasteiger partial charge is 0.291 e. The van der Waals surface area contributed by atoms with Gasteiger partial charge in [0, 0.05) is 35.0 Å². The minimum absolute atomic E-state index is 0.0373. The number of non-ortho nitro benzene ring substituents is 1. The number of para-hydroxylation sites is 1. The Hall–Kier alpha value is -4.96. The first-order chi connectivity index (χ1) is 18.0. The molecule has 0 radical (unpaired) electrons. The molecule has 0 spiro atoms. The standard InChI is InChI=1S/C27H18N6O3S/c1-17-8-5-6-13-22(17)25-28-27-32(30-25)26(34)23(37-27)15-19-16-31(20-10-3-2-4-11-20)29-24(19)18-9-7-12-21(14-18)33(35)36/h2-16H,1H3/b23-15-. The third-order valence-electron chi connectivity index (χ3n) is 5.95. The topological polar surface area (TPSA) is 108 Å². The molecule has 0 aliphatic carbocycles. The van der Waals surface area contributed by atoms with Crippen molar-refractivity contribution in [2.45, 2.75) is 6.92 Å². The number of fused-ring (bicyclic) bond motifs is 1. The summed E-state index contributed by atoms with van der Waals surface area (Å²) in [7, 11) is 0. The van der Waals surface area contributed by atoms with Crippen LogP contribution in [0.5, 0.6) is 0 Å². The third-order valence-corrected chi connectivity index (χ3v) is 6.91. The number of aromatic nitrogens is 5. The van der Waals surface area contributed by atoms with Gasteiger partial charge in [-0.25, -0.2) is 4.68 Å². The predicted molar refractivity (Wildman–Crippen MR) is 142 cm³/mol. The molecule has 180 valence electrons. The number of thiazole rings is 1. The van der Waals surface area contributed by atoms with Crippen molar-refractivity contribution in [1.82, 2.24) is 24.4 Å². The Kier molecular flexibility index (Phi) is 5.42. The lowest BCUT2D eigenvalue weighted by atomic mass is 10.1. The van der Waals surface area contributed by atoms with Crippen molar-refractivity contribution < 1.29 is 4.92 Å². The van der Waals surface area contributed by atoms with E-state index in [4.69, 9.17) is 5.10 Å². The maximum Gasteiger partial charge on any atom is 0.291 e. The molecular weight excluding hydrogens is 488 g/mol. The van der Waals surface area contributed by atoms with Crippen LogP contribution in [-0.4, -0.2) is 29.3 Å². The van der Waals surface area contributed by atoms with E-state index in [-0.39, 0.29) is 11.2 Å². The fourth-order valence-corrected chi connectivity index (χ4v) is 5.01. The molecule has 0 saturated carbocycles. The molecular formula is C27H18N6O3S. The van der Waals surface area contributed by atoms with Crippen molar-refractivity contribution >= 4 is 28.1 Å². The number of rotatable bonds is 5. The second-order valence-electron chi connectivity index (χ2n) is 8.38. The van der Waals surface area contributed by atoms with Gasteiger partial charge in [-0.3, -0.25) is 14.9 Å². The molecule has 0 N–H and O–H groups in total. The Morgan fingerprint density at radius 3 is 2.51 bits per heavy atom.